The SMILES string of the molecule is COc1cc(OC)cc(C2CCc3c(cc(O)c(CC=C(C)C)c3O)O2)c1. The third-order valence-electron chi connectivity index (χ3n) is 4.83. The summed E-state index contributed by atoms with van der Waals surface area (Å²) in [5.74, 6) is 2.09. The van der Waals surface area contributed by atoms with Crippen molar-refractivity contribution in [2.45, 2.75) is 39.2 Å². The summed E-state index contributed by atoms with van der Waals surface area (Å²) in [7, 11) is 3.22. The standard InChI is InChI=1S/C22H26O5/c1-13(2)5-6-17-19(23)12-21-18(22(17)24)7-8-20(27-21)14-9-15(25-3)11-16(10-14)26-4/h5,9-12,20,23-24H,6-8H2,1-4H3. The second-order valence-electron chi connectivity index (χ2n) is 6.98. The molecule has 0 amide bonds. The lowest BCUT2D eigenvalue weighted by Crippen LogP contribution is -2.16. The molecule has 0 aliphatic carbocycles. The maximum Gasteiger partial charge on any atom is 0.130 e. The van der Waals surface area contributed by atoms with E-state index in [4.69, 9.17) is 14.2 Å². The number of aromatic hydroxyl groups is 2. The predicted octanol–water partition coefficient (Wildman–Crippen LogP) is 4.69. The molecule has 0 saturated carbocycles. The monoisotopic (exact) mass is 370 g/mol. The van der Waals surface area contributed by atoms with Gasteiger partial charge in [0, 0.05) is 23.3 Å². The second-order valence-corrected chi connectivity index (χ2v) is 6.98. The smallest absolute Gasteiger partial charge is 0.130 e. The Morgan fingerprint density at radius 2 is 1.78 bits per heavy atom. The molecule has 0 spiro atoms. The molecule has 27 heavy (non-hydrogen) atoms. The van der Waals surface area contributed by atoms with Crippen molar-refractivity contribution in [1.82, 2.24) is 0 Å². The fraction of sp³-hybridized carbons (Fsp3) is 0.364. The largest absolute Gasteiger partial charge is 0.507 e. The fourth-order valence-electron chi connectivity index (χ4n) is 3.31. The predicted molar refractivity (Wildman–Crippen MR) is 104 cm³/mol. The summed E-state index contributed by atoms with van der Waals surface area (Å²) in [4.78, 5) is 0. The van der Waals surface area contributed by atoms with Crippen molar-refractivity contribution in [1.29, 1.82) is 0 Å². The lowest BCUT2D eigenvalue weighted by Gasteiger charge is -2.28. The van der Waals surface area contributed by atoms with Gasteiger partial charge in [-0.3, -0.25) is 0 Å². The zero-order chi connectivity index (χ0) is 19.6. The molecule has 1 atom stereocenters. The first kappa shape index (κ1) is 19.0. The summed E-state index contributed by atoms with van der Waals surface area (Å²) in [6.07, 6.45) is 3.64. The number of hydrogen-bond donors (Lipinski definition) is 2. The first-order chi connectivity index (χ1) is 12.9. The lowest BCUT2D eigenvalue weighted by molar-refractivity contribution is 0.173. The molecule has 2 aromatic rings. The minimum Gasteiger partial charge on any atom is -0.507 e. The Morgan fingerprint density at radius 3 is 2.37 bits per heavy atom. The van der Waals surface area contributed by atoms with E-state index >= 15 is 0 Å². The first-order valence-electron chi connectivity index (χ1n) is 9.02. The highest BCUT2D eigenvalue weighted by molar-refractivity contribution is 5.58. The molecular formula is C22H26O5. The van der Waals surface area contributed by atoms with E-state index in [9.17, 15) is 10.2 Å². The summed E-state index contributed by atoms with van der Waals surface area (Å²) in [6.45, 7) is 3.98. The summed E-state index contributed by atoms with van der Waals surface area (Å²) < 4.78 is 16.8. The van der Waals surface area contributed by atoms with Crippen LogP contribution in [-0.4, -0.2) is 24.4 Å². The van der Waals surface area contributed by atoms with Crippen molar-refractivity contribution >= 4 is 0 Å². The van der Waals surface area contributed by atoms with Gasteiger partial charge in [-0.15, -0.1) is 0 Å². The Kier molecular flexibility index (Phi) is 5.49. The molecule has 2 N–H and O–H groups in total. The van der Waals surface area contributed by atoms with E-state index in [1.165, 1.54) is 0 Å². The number of hydrogen-bond acceptors (Lipinski definition) is 5. The maximum atomic E-state index is 10.6. The van der Waals surface area contributed by atoms with Crippen LogP contribution in [0.25, 0.3) is 0 Å². The lowest BCUT2D eigenvalue weighted by atomic mass is 9.93. The molecule has 3 rings (SSSR count). The Bertz CT molecular complexity index is 843. The van der Waals surface area contributed by atoms with E-state index in [2.05, 4.69) is 0 Å². The fourth-order valence-corrected chi connectivity index (χ4v) is 3.31. The molecule has 2 aromatic carbocycles. The van der Waals surface area contributed by atoms with Crippen LogP contribution in [-0.2, 0) is 12.8 Å². The Morgan fingerprint density at radius 1 is 1.11 bits per heavy atom. The van der Waals surface area contributed by atoms with Crippen molar-refractivity contribution < 1.29 is 24.4 Å². The van der Waals surface area contributed by atoms with Crippen LogP contribution in [0, 0.1) is 0 Å². The van der Waals surface area contributed by atoms with Gasteiger partial charge < -0.3 is 24.4 Å². The van der Waals surface area contributed by atoms with Crippen LogP contribution < -0.4 is 14.2 Å². The molecule has 0 aromatic heterocycles. The summed E-state index contributed by atoms with van der Waals surface area (Å²) >= 11 is 0. The van der Waals surface area contributed by atoms with Crippen molar-refractivity contribution in [3.63, 3.8) is 0 Å². The second kappa shape index (κ2) is 7.82. The van der Waals surface area contributed by atoms with Crippen molar-refractivity contribution in [3.05, 3.63) is 52.6 Å². The highest BCUT2D eigenvalue weighted by atomic mass is 16.5. The number of allylic oxidation sites excluding steroid dienone is 2. The minimum atomic E-state index is -0.205. The highest BCUT2D eigenvalue weighted by Gasteiger charge is 2.27. The van der Waals surface area contributed by atoms with Gasteiger partial charge >= 0.3 is 0 Å². The van der Waals surface area contributed by atoms with Crippen LogP contribution >= 0.6 is 0 Å². The van der Waals surface area contributed by atoms with Gasteiger partial charge in [0.15, 0.2) is 0 Å². The Hall–Kier alpha value is -2.82. The summed E-state index contributed by atoms with van der Waals surface area (Å²) in [6, 6.07) is 7.25. The zero-order valence-electron chi connectivity index (χ0n) is 16.2. The molecule has 5 nitrogen and oxygen atoms in total. The third-order valence-corrected chi connectivity index (χ3v) is 4.83. The van der Waals surface area contributed by atoms with Crippen molar-refractivity contribution in [2.24, 2.45) is 0 Å². The van der Waals surface area contributed by atoms with E-state index in [1.54, 1.807) is 20.3 Å². The summed E-state index contributed by atoms with van der Waals surface area (Å²) in [5.41, 5.74) is 3.36. The first-order valence-corrected chi connectivity index (χ1v) is 9.02. The molecule has 0 bridgehead atoms. The Labute approximate surface area is 159 Å². The number of fused-ring (bicyclic) bond motifs is 1. The summed E-state index contributed by atoms with van der Waals surface area (Å²) in [5, 5.41) is 21.0. The third kappa shape index (κ3) is 3.97. The van der Waals surface area contributed by atoms with Crippen molar-refractivity contribution in [3.8, 4) is 28.7 Å². The van der Waals surface area contributed by atoms with Crippen LogP contribution in [0.5, 0.6) is 28.7 Å². The van der Waals surface area contributed by atoms with Crippen LogP contribution in [0.15, 0.2) is 35.9 Å². The van der Waals surface area contributed by atoms with Gasteiger partial charge in [0.05, 0.1) is 14.2 Å². The molecule has 1 aliphatic heterocycles. The average molecular weight is 370 g/mol. The average Bonchev–Trinajstić information content (AvgIpc) is 2.66. The molecule has 0 saturated heterocycles. The minimum absolute atomic E-state index is 0.0487. The van der Waals surface area contributed by atoms with Gasteiger partial charge in [-0.05, 0) is 50.8 Å². The maximum absolute atomic E-state index is 10.6. The van der Waals surface area contributed by atoms with Gasteiger partial charge in [-0.1, -0.05) is 11.6 Å². The van der Waals surface area contributed by atoms with E-state index in [-0.39, 0.29) is 17.6 Å². The van der Waals surface area contributed by atoms with E-state index < -0.39 is 0 Å². The molecule has 1 aliphatic rings. The molecule has 0 fully saturated rings. The molecule has 5 heteroatoms. The number of rotatable bonds is 5. The normalized spacial score (nSPS) is 15.5. The quantitative estimate of drug-likeness (QED) is 0.748. The molecular weight excluding hydrogens is 344 g/mol. The number of methoxy groups -OCH3 is 2. The van der Waals surface area contributed by atoms with Gasteiger partial charge in [0.1, 0.15) is 34.9 Å². The molecule has 1 heterocycles. The van der Waals surface area contributed by atoms with Gasteiger partial charge in [0.2, 0.25) is 0 Å². The van der Waals surface area contributed by atoms with Crippen LogP contribution in [0.2, 0.25) is 0 Å². The number of phenolic OH excluding ortho intramolecular Hbond substituents is 2. The molecule has 1 unspecified atom stereocenters. The molecule has 144 valence electrons. The van der Waals surface area contributed by atoms with E-state index in [1.807, 2.05) is 38.1 Å². The van der Waals surface area contributed by atoms with Crippen LogP contribution in [0.4, 0.5) is 0 Å². The van der Waals surface area contributed by atoms with E-state index in [0.29, 0.717) is 42.1 Å². The number of benzene rings is 2. The van der Waals surface area contributed by atoms with Crippen LogP contribution in [0.1, 0.15) is 43.1 Å². The number of phenols is 2. The van der Waals surface area contributed by atoms with Crippen molar-refractivity contribution in [2.75, 3.05) is 14.2 Å². The molecule has 0 radical (unpaired) electrons. The van der Waals surface area contributed by atoms with Gasteiger partial charge in [0.25, 0.3) is 0 Å². The zero-order valence-corrected chi connectivity index (χ0v) is 16.2. The van der Waals surface area contributed by atoms with Gasteiger partial charge in [-0.2, -0.15) is 0 Å². The number of ether oxygens (including phenoxy) is 3. The van der Waals surface area contributed by atoms with E-state index in [0.717, 1.165) is 16.7 Å². The highest BCUT2D eigenvalue weighted by Crippen LogP contribution is 2.45. The van der Waals surface area contributed by atoms with Gasteiger partial charge in [-0.25, -0.2) is 0 Å². The van der Waals surface area contributed by atoms with Crippen LogP contribution in [0.3, 0.4) is 0 Å². The topological polar surface area (TPSA) is 68.2 Å². The Balaban J connectivity index is 1.92.